The summed E-state index contributed by atoms with van der Waals surface area (Å²) in [5.74, 6) is 1.42. The summed E-state index contributed by atoms with van der Waals surface area (Å²) in [6.07, 6.45) is 5.33. The monoisotopic (exact) mass is 458 g/mol. The van der Waals surface area contributed by atoms with Gasteiger partial charge in [0.05, 0.1) is 25.1 Å². The third kappa shape index (κ3) is 4.89. The van der Waals surface area contributed by atoms with Crippen molar-refractivity contribution in [1.82, 2.24) is 14.9 Å². The minimum atomic E-state index is 0.0851. The Kier molecular flexibility index (Phi) is 6.72. The van der Waals surface area contributed by atoms with Gasteiger partial charge in [0.15, 0.2) is 0 Å². The zero-order valence-electron chi connectivity index (χ0n) is 19.5. The van der Waals surface area contributed by atoms with Gasteiger partial charge in [0.2, 0.25) is 5.88 Å². The number of ether oxygens (including phenoxy) is 2. The maximum absolute atomic E-state index is 13.6. The maximum atomic E-state index is 13.6. The summed E-state index contributed by atoms with van der Waals surface area (Å²) >= 11 is 0. The van der Waals surface area contributed by atoms with Crippen LogP contribution in [0.1, 0.15) is 40.4 Å². The van der Waals surface area contributed by atoms with E-state index in [1.54, 1.807) is 12.4 Å². The Bertz CT molecular complexity index is 1130. The molecule has 7 heteroatoms. The average molecular weight is 459 g/mol. The quantitative estimate of drug-likeness (QED) is 0.563. The normalized spacial score (nSPS) is 18.6. The Balaban J connectivity index is 1.31. The van der Waals surface area contributed by atoms with Crippen molar-refractivity contribution in [3.8, 4) is 11.6 Å². The molecule has 5 rings (SSSR count). The van der Waals surface area contributed by atoms with E-state index >= 15 is 0 Å². The molecular formula is C27H30N4O3. The molecule has 7 nitrogen and oxygen atoms in total. The first-order valence-corrected chi connectivity index (χ1v) is 12.0. The van der Waals surface area contributed by atoms with Crippen molar-refractivity contribution in [1.29, 1.82) is 0 Å². The average Bonchev–Trinajstić information content (AvgIpc) is 2.90. The zero-order chi connectivity index (χ0) is 23.3. The summed E-state index contributed by atoms with van der Waals surface area (Å²) in [6.45, 7) is 6.58. The van der Waals surface area contributed by atoms with Crippen LogP contribution < -0.4 is 9.64 Å². The number of carbonyl (C=O) groups is 1. The number of aromatic nitrogens is 2. The van der Waals surface area contributed by atoms with Crippen LogP contribution >= 0.6 is 0 Å². The molecule has 2 saturated heterocycles. The van der Waals surface area contributed by atoms with Crippen LogP contribution in [0.3, 0.4) is 0 Å². The highest BCUT2D eigenvalue weighted by atomic mass is 16.5. The Morgan fingerprint density at radius 3 is 2.68 bits per heavy atom. The minimum Gasteiger partial charge on any atom is -0.437 e. The van der Waals surface area contributed by atoms with Crippen LogP contribution in [-0.2, 0) is 4.74 Å². The van der Waals surface area contributed by atoms with Gasteiger partial charge >= 0.3 is 0 Å². The number of likely N-dealkylation sites (tertiary alicyclic amines) is 1. The molecule has 0 aliphatic carbocycles. The fourth-order valence-corrected chi connectivity index (χ4v) is 4.79. The Hall–Kier alpha value is -3.45. The van der Waals surface area contributed by atoms with E-state index in [9.17, 15) is 4.79 Å². The van der Waals surface area contributed by atoms with Crippen LogP contribution in [0.5, 0.6) is 11.6 Å². The summed E-state index contributed by atoms with van der Waals surface area (Å²) in [7, 11) is 0. The number of hydrogen-bond donors (Lipinski definition) is 0. The second-order valence-corrected chi connectivity index (χ2v) is 8.84. The fraction of sp³-hybridized carbons (Fsp3) is 0.370. The highest BCUT2D eigenvalue weighted by Gasteiger charge is 2.28. The lowest BCUT2D eigenvalue weighted by atomic mass is 9.94. The van der Waals surface area contributed by atoms with Gasteiger partial charge in [0.25, 0.3) is 5.91 Å². The van der Waals surface area contributed by atoms with E-state index in [-0.39, 0.29) is 11.8 Å². The SMILES string of the molecule is Cc1c(C(=O)N2CCC[C@@H](c3cncc(Oc4ccccc4)n3)C2)cccc1N1CCOCC1. The standard InChI is InChI=1S/C27H30N4O3/c1-20-23(10-5-11-25(20)30-13-15-33-16-14-30)27(32)31-12-6-7-21(19-31)24-17-28-18-26(29-24)34-22-8-3-2-4-9-22/h2-5,8-11,17-18,21H,6-7,12-16,19H2,1H3/t21-/m1/s1. The summed E-state index contributed by atoms with van der Waals surface area (Å²) in [4.78, 5) is 26.9. The molecule has 0 saturated carbocycles. The van der Waals surface area contributed by atoms with Crippen molar-refractivity contribution in [2.75, 3.05) is 44.3 Å². The first-order valence-electron chi connectivity index (χ1n) is 12.0. The number of carbonyl (C=O) groups excluding carboxylic acids is 1. The van der Waals surface area contributed by atoms with Gasteiger partial charge in [-0.05, 0) is 49.6 Å². The lowest BCUT2D eigenvalue weighted by Crippen LogP contribution is -2.40. The highest BCUT2D eigenvalue weighted by Crippen LogP contribution is 2.30. The number of amides is 1. The van der Waals surface area contributed by atoms with E-state index in [0.717, 1.165) is 73.9 Å². The molecule has 1 atom stereocenters. The van der Waals surface area contributed by atoms with Crippen LogP contribution in [0.15, 0.2) is 60.9 Å². The molecule has 176 valence electrons. The molecule has 2 aliphatic rings. The topological polar surface area (TPSA) is 67.8 Å². The minimum absolute atomic E-state index is 0.0851. The molecule has 34 heavy (non-hydrogen) atoms. The highest BCUT2D eigenvalue weighted by molar-refractivity contribution is 5.97. The van der Waals surface area contributed by atoms with Crippen LogP contribution in [0.25, 0.3) is 0 Å². The van der Waals surface area contributed by atoms with Gasteiger partial charge in [-0.2, -0.15) is 0 Å². The van der Waals surface area contributed by atoms with Gasteiger partial charge in [0, 0.05) is 49.5 Å². The predicted octanol–water partition coefficient (Wildman–Crippen LogP) is 4.43. The van der Waals surface area contributed by atoms with Gasteiger partial charge in [-0.15, -0.1) is 0 Å². The Labute approximate surface area is 200 Å². The van der Waals surface area contributed by atoms with Gasteiger partial charge in [-0.1, -0.05) is 24.3 Å². The summed E-state index contributed by atoms with van der Waals surface area (Å²) < 4.78 is 11.4. The molecule has 2 fully saturated rings. The molecule has 1 amide bonds. The molecule has 0 unspecified atom stereocenters. The lowest BCUT2D eigenvalue weighted by molar-refractivity contribution is 0.0705. The number of benzene rings is 2. The predicted molar refractivity (Wildman–Crippen MR) is 131 cm³/mol. The number of nitrogens with zero attached hydrogens (tertiary/aromatic N) is 4. The molecule has 1 aromatic heterocycles. The van der Waals surface area contributed by atoms with Crippen LogP contribution in [0.4, 0.5) is 5.69 Å². The molecule has 2 aliphatic heterocycles. The van der Waals surface area contributed by atoms with E-state index in [2.05, 4.69) is 22.9 Å². The molecule has 3 aromatic rings. The summed E-state index contributed by atoms with van der Waals surface area (Å²) in [5.41, 5.74) is 3.80. The fourth-order valence-electron chi connectivity index (χ4n) is 4.79. The van der Waals surface area contributed by atoms with E-state index in [0.29, 0.717) is 12.4 Å². The summed E-state index contributed by atoms with van der Waals surface area (Å²) in [6, 6.07) is 15.6. The zero-order valence-corrected chi connectivity index (χ0v) is 19.5. The van der Waals surface area contributed by atoms with Gasteiger partial charge in [-0.25, -0.2) is 4.98 Å². The van der Waals surface area contributed by atoms with E-state index in [1.165, 1.54) is 0 Å². The molecule has 0 bridgehead atoms. The van der Waals surface area contributed by atoms with Crippen molar-refractivity contribution in [3.63, 3.8) is 0 Å². The number of anilines is 1. The number of para-hydroxylation sites is 1. The third-order valence-corrected chi connectivity index (χ3v) is 6.61. The van der Waals surface area contributed by atoms with Crippen LogP contribution in [0.2, 0.25) is 0 Å². The van der Waals surface area contributed by atoms with Crippen LogP contribution in [-0.4, -0.2) is 60.2 Å². The smallest absolute Gasteiger partial charge is 0.254 e. The van der Waals surface area contributed by atoms with E-state index in [4.69, 9.17) is 14.5 Å². The second-order valence-electron chi connectivity index (χ2n) is 8.84. The van der Waals surface area contributed by atoms with E-state index in [1.807, 2.05) is 47.4 Å². The van der Waals surface area contributed by atoms with Gasteiger partial charge in [-0.3, -0.25) is 9.78 Å². The number of morpholine rings is 1. The van der Waals surface area contributed by atoms with Crippen molar-refractivity contribution < 1.29 is 14.3 Å². The molecule has 3 heterocycles. The Morgan fingerprint density at radius 1 is 1.03 bits per heavy atom. The van der Waals surface area contributed by atoms with Crippen molar-refractivity contribution in [3.05, 3.63) is 77.7 Å². The lowest BCUT2D eigenvalue weighted by Gasteiger charge is -2.34. The number of piperidine rings is 1. The third-order valence-electron chi connectivity index (χ3n) is 6.61. The molecule has 0 N–H and O–H groups in total. The Morgan fingerprint density at radius 2 is 1.85 bits per heavy atom. The molecule has 2 aromatic carbocycles. The first kappa shape index (κ1) is 22.3. The molecule has 0 radical (unpaired) electrons. The van der Waals surface area contributed by atoms with E-state index < -0.39 is 0 Å². The van der Waals surface area contributed by atoms with Gasteiger partial charge in [0.1, 0.15) is 5.75 Å². The van der Waals surface area contributed by atoms with Crippen molar-refractivity contribution >= 4 is 11.6 Å². The first-order chi connectivity index (χ1) is 16.7. The largest absolute Gasteiger partial charge is 0.437 e. The van der Waals surface area contributed by atoms with Crippen LogP contribution in [0, 0.1) is 6.92 Å². The maximum Gasteiger partial charge on any atom is 0.254 e. The van der Waals surface area contributed by atoms with Gasteiger partial charge < -0.3 is 19.3 Å². The second kappa shape index (κ2) is 10.2. The molecular weight excluding hydrogens is 428 g/mol. The van der Waals surface area contributed by atoms with Crippen molar-refractivity contribution in [2.45, 2.75) is 25.7 Å². The number of hydrogen-bond acceptors (Lipinski definition) is 6. The number of rotatable bonds is 5. The molecule has 0 spiro atoms. The summed E-state index contributed by atoms with van der Waals surface area (Å²) in [5, 5.41) is 0. The van der Waals surface area contributed by atoms with Crippen molar-refractivity contribution in [2.24, 2.45) is 0 Å².